The van der Waals surface area contributed by atoms with Gasteiger partial charge in [-0.1, -0.05) is 17.7 Å². The van der Waals surface area contributed by atoms with Gasteiger partial charge in [0.05, 0.1) is 17.7 Å². The molecule has 4 rings (SSSR count). The Balaban J connectivity index is 1.55. The van der Waals surface area contributed by atoms with E-state index in [1.165, 1.54) is 49.6 Å². The van der Waals surface area contributed by atoms with Gasteiger partial charge in [-0.05, 0) is 65.7 Å². The minimum Gasteiger partial charge on any atom is -0.493 e. The number of halogens is 1. The summed E-state index contributed by atoms with van der Waals surface area (Å²) >= 11 is 5.88. The molecule has 3 aromatic carbocycles. The van der Waals surface area contributed by atoms with Crippen molar-refractivity contribution in [1.29, 1.82) is 0 Å². The summed E-state index contributed by atoms with van der Waals surface area (Å²) in [6, 6.07) is 15.9. The summed E-state index contributed by atoms with van der Waals surface area (Å²) in [6.07, 6.45) is 1.34. The van der Waals surface area contributed by atoms with Crippen LogP contribution in [0.3, 0.4) is 0 Å². The number of amides is 4. The third-order valence-corrected chi connectivity index (χ3v) is 5.48. The molecule has 36 heavy (non-hydrogen) atoms. The quantitative estimate of drug-likeness (QED) is 0.216. The number of carbonyl (C=O) groups excluding carboxylic acids is 3. The number of nitro benzene ring substituents is 1. The zero-order valence-corrected chi connectivity index (χ0v) is 19.5. The van der Waals surface area contributed by atoms with E-state index in [0.717, 1.165) is 4.90 Å². The van der Waals surface area contributed by atoms with E-state index in [0.29, 0.717) is 27.6 Å². The van der Waals surface area contributed by atoms with Crippen molar-refractivity contribution >= 4 is 46.9 Å². The van der Waals surface area contributed by atoms with E-state index in [9.17, 15) is 24.5 Å². The molecule has 0 atom stereocenters. The van der Waals surface area contributed by atoms with Gasteiger partial charge in [0, 0.05) is 17.2 Å². The molecule has 182 valence electrons. The first kappa shape index (κ1) is 24.4. The van der Waals surface area contributed by atoms with Gasteiger partial charge in [-0.15, -0.1) is 0 Å². The Kier molecular flexibility index (Phi) is 6.98. The van der Waals surface area contributed by atoms with Crippen molar-refractivity contribution in [1.82, 2.24) is 5.32 Å². The van der Waals surface area contributed by atoms with Crippen LogP contribution in [0, 0.1) is 10.1 Å². The summed E-state index contributed by atoms with van der Waals surface area (Å²) < 4.78 is 11.2. The van der Waals surface area contributed by atoms with Crippen molar-refractivity contribution < 1.29 is 28.8 Å². The van der Waals surface area contributed by atoms with Crippen LogP contribution >= 0.6 is 11.6 Å². The first-order valence-electron chi connectivity index (χ1n) is 10.5. The second kappa shape index (κ2) is 10.3. The maximum Gasteiger partial charge on any atom is 0.335 e. The lowest BCUT2D eigenvalue weighted by Crippen LogP contribution is -2.54. The number of imide groups is 2. The number of nitrogens with zero attached hydrogens (tertiary/aromatic N) is 2. The molecule has 0 bridgehead atoms. The topological polar surface area (TPSA) is 128 Å². The number of nitro groups is 1. The number of anilines is 1. The lowest BCUT2D eigenvalue weighted by atomic mass is 10.1. The van der Waals surface area contributed by atoms with Gasteiger partial charge in [-0.3, -0.25) is 25.0 Å². The SMILES string of the molecule is COc1cc(/C=C2\C(=O)NC(=O)N(c3ccc(Cl)cc3)C2=O)ccc1OCc1ccc([N+](=O)[O-])cc1. The van der Waals surface area contributed by atoms with Crippen molar-refractivity contribution in [2.45, 2.75) is 6.61 Å². The molecule has 3 aromatic rings. The maximum absolute atomic E-state index is 13.0. The first-order valence-corrected chi connectivity index (χ1v) is 10.9. The van der Waals surface area contributed by atoms with Crippen LogP contribution < -0.4 is 19.7 Å². The van der Waals surface area contributed by atoms with Gasteiger partial charge in [0.1, 0.15) is 12.2 Å². The summed E-state index contributed by atoms with van der Waals surface area (Å²) in [5.41, 5.74) is 1.16. The normalized spacial score (nSPS) is 14.6. The van der Waals surface area contributed by atoms with E-state index < -0.39 is 22.8 Å². The molecule has 0 unspecified atom stereocenters. The molecule has 0 aliphatic carbocycles. The highest BCUT2D eigenvalue weighted by molar-refractivity contribution is 6.39. The number of hydrogen-bond donors (Lipinski definition) is 1. The maximum atomic E-state index is 13.0. The summed E-state index contributed by atoms with van der Waals surface area (Å²) in [6.45, 7) is 0.133. The Morgan fingerprint density at radius 3 is 2.33 bits per heavy atom. The highest BCUT2D eigenvalue weighted by Gasteiger charge is 2.36. The number of benzene rings is 3. The molecule has 1 aliphatic rings. The molecular formula is C25H18ClN3O7. The van der Waals surface area contributed by atoms with Crippen molar-refractivity contribution in [2.75, 3.05) is 12.0 Å². The second-order valence-electron chi connectivity index (χ2n) is 7.56. The number of hydrogen-bond acceptors (Lipinski definition) is 7. The highest BCUT2D eigenvalue weighted by atomic mass is 35.5. The molecule has 1 saturated heterocycles. The molecule has 11 heteroatoms. The number of barbiturate groups is 1. The van der Waals surface area contributed by atoms with Crippen LogP contribution in [-0.4, -0.2) is 29.9 Å². The van der Waals surface area contributed by atoms with Crippen LogP contribution in [0.5, 0.6) is 11.5 Å². The van der Waals surface area contributed by atoms with E-state index in [-0.39, 0.29) is 23.6 Å². The van der Waals surface area contributed by atoms with Gasteiger partial charge in [0.2, 0.25) is 0 Å². The van der Waals surface area contributed by atoms with E-state index in [1.54, 1.807) is 30.3 Å². The lowest BCUT2D eigenvalue weighted by molar-refractivity contribution is -0.384. The molecule has 1 fully saturated rings. The minimum absolute atomic E-state index is 0.0219. The third kappa shape index (κ3) is 5.18. The molecule has 0 aromatic heterocycles. The zero-order valence-electron chi connectivity index (χ0n) is 18.8. The standard InChI is InChI=1S/C25H18ClN3O7/c1-35-22-13-16(4-11-21(22)36-14-15-2-7-19(8-3-15)29(33)34)12-20-23(30)27-25(32)28(24(20)31)18-9-5-17(26)6-10-18/h2-13H,14H2,1H3,(H,27,30,32)/b20-12+. The van der Waals surface area contributed by atoms with Crippen molar-refractivity contribution in [3.8, 4) is 11.5 Å². The van der Waals surface area contributed by atoms with E-state index in [2.05, 4.69) is 5.32 Å². The van der Waals surface area contributed by atoms with Crippen molar-refractivity contribution in [2.24, 2.45) is 0 Å². The molecule has 1 aliphatic heterocycles. The summed E-state index contributed by atoms with van der Waals surface area (Å²) in [7, 11) is 1.43. The van der Waals surface area contributed by atoms with Crippen molar-refractivity contribution in [3.05, 3.63) is 98.6 Å². The minimum atomic E-state index is -0.864. The van der Waals surface area contributed by atoms with E-state index >= 15 is 0 Å². The van der Waals surface area contributed by atoms with E-state index in [1.807, 2.05) is 0 Å². The number of ether oxygens (including phenoxy) is 2. The van der Waals surface area contributed by atoms with Crippen molar-refractivity contribution in [3.63, 3.8) is 0 Å². The van der Waals surface area contributed by atoms with E-state index in [4.69, 9.17) is 21.1 Å². The summed E-state index contributed by atoms with van der Waals surface area (Å²) in [4.78, 5) is 48.9. The average molecular weight is 508 g/mol. The Bertz CT molecular complexity index is 1390. The average Bonchev–Trinajstić information content (AvgIpc) is 2.86. The molecule has 1 N–H and O–H groups in total. The number of urea groups is 1. The van der Waals surface area contributed by atoms with Gasteiger partial charge in [0.25, 0.3) is 17.5 Å². The van der Waals surface area contributed by atoms with Crippen LogP contribution in [0.25, 0.3) is 6.08 Å². The van der Waals surface area contributed by atoms with Crippen LogP contribution in [0.2, 0.25) is 5.02 Å². The molecule has 0 radical (unpaired) electrons. The predicted octanol–water partition coefficient (Wildman–Crippen LogP) is 4.50. The molecule has 1 heterocycles. The number of rotatable bonds is 7. The second-order valence-corrected chi connectivity index (χ2v) is 7.99. The molecular weight excluding hydrogens is 490 g/mol. The Morgan fingerprint density at radius 1 is 1.00 bits per heavy atom. The number of non-ortho nitro benzene ring substituents is 1. The van der Waals surface area contributed by atoms with Crippen LogP contribution in [0.1, 0.15) is 11.1 Å². The largest absolute Gasteiger partial charge is 0.493 e. The van der Waals surface area contributed by atoms with Gasteiger partial charge < -0.3 is 9.47 Å². The Labute approximate surface area is 209 Å². The number of carbonyl (C=O) groups is 3. The number of methoxy groups -OCH3 is 1. The Hall–Kier alpha value is -4.70. The summed E-state index contributed by atoms with van der Waals surface area (Å²) in [5, 5.41) is 13.4. The lowest BCUT2D eigenvalue weighted by Gasteiger charge is -2.26. The Morgan fingerprint density at radius 2 is 1.69 bits per heavy atom. The van der Waals surface area contributed by atoms with Crippen LogP contribution in [-0.2, 0) is 16.2 Å². The molecule has 0 saturated carbocycles. The van der Waals surface area contributed by atoms with Crippen LogP contribution in [0.15, 0.2) is 72.3 Å². The van der Waals surface area contributed by atoms with Gasteiger partial charge in [-0.2, -0.15) is 0 Å². The monoisotopic (exact) mass is 507 g/mol. The van der Waals surface area contributed by atoms with Crippen LogP contribution in [0.4, 0.5) is 16.2 Å². The predicted molar refractivity (Wildman–Crippen MR) is 131 cm³/mol. The smallest absolute Gasteiger partial charge is 0.335 e. The molecule has 0 spiro atoms. The fraction of sp³-hybridized carbons (Fsp3) is 0.0800. The summed E-state index contributed by atoms with van der Waals surface area (Å²) in [5.74, 6) is -0.896. The fourth-order valence-electron chi connectivity index (χ4n) is 3.42. The molecule has 10 nitrogen and oxygen atoms in total. The van der Waals surface area contributed by atoms with Gasteiger partial charge in [-0.25, -0.2) is 9.69 Å². The third-order valence-electron chi connectivity index (χ3n) is 5.23. The van der Waals surface area contributed by atoms with Gasteiger partial charge in [0.15, 0.2) is 11.5 Å². The van der Waals surface area contributed by atoms with Gasteiger partial charge >= 0.3 is 6.03 Å². The fourth-order valence-corrected chi connectivity index (χ4v) is 3.54. The molecule has 4 amide bonds. The highest BCUT2D eigenvalue weighted by Crippen LogP contribution is 2.31. The number of nitrogens with one attached hydrogen (secondary N) is 1. The zero-order chi connectivity index (χ0) is 25.8. The first-order chi connectivity index (χ1) is 17.3.